The highest BCUT2D eigenvalue weighted by Gasteiger charge is 2.35. The van der Waals surface area contributed by atoms with Crippen LogP contribution in [-0.4, -0.2) is 28.2 Å². The number of carbonyl (C=O) groups is 1. The first-order chi connectivity index (χ1) is 19.9. The van der Waals surface area contributed by atoms with Gasteiger partial charge in [-0.1, -0.05) is 99.8 Å². The van der Waals surface area contributed by atoms with Crippen LogP contribution in [-0.2, 0) is 4.79 Å². The molecule has 6 rings (SSSR count). The highest BCUT2D eigenvalue weighted by Crippen LogP contribution is 2.37. The number of H-pyrrole nitrogens is 1. The van der Waals surface area contributed by atoms with Crippen LogP contribution in [0.3, 0.4) is 0 Å². The van der Waals surface area contributed by atoms with Crippen LogP contribution < -0.4 is 10.3 Å². The Labute approximate surface area is 254 Å². The summed E-state index contributed by atoms with van der Waals surface area (Å²) in [6.45, 7) is -0.298. The van der Waals surface area contributed by atoms with Crippen molar-refractivity contribution < 1.29 is 9.53 Å². The number of hydrogen-bond donors (Lipinski definition) is 1. The summed E-state index contributed by atoms with van der Waals surface area (Å²) in [5.74, 6) is -0.0342. The number of rotatable bonds is 6. The highest BCUT2D eigenvalue weighted by molar-refractivity contribution is 9.10. The van der Waals surface area contributed by atoms with E-state index in [-0.39, 0.29) is 18.1 Å². The van der Waals surface area contributed by atoms with E-state index in [2.05, 4.69) is 20.9 Å². The van der Waals surface area contributed by atoms with Crippen molar-refractivity contribution in [2.45, 2.75) is 12.5 Å². The summed E-state index contributed by atoms with van der Waals surface area (Å²) >= 11 is 15.8. The zero-order chi connectivity index (χ0) is 28.5. The highest BCUT2D eigenvalue weighted by atomic mass is 79.9. The minimum absolute atomic E-state index is 0.275. The van der Waals surface area contributed by atoms with E-state index >= 15 is 0 Å². The fraction of sp³-hybridized carbons (Fsp3) is 0.0938. The van der Waals surface area contributed by atoms with Crippen LogP contribution in [0.1, 0.15) is 23.6 Å². The lowest BCUT2D eigenvalue weighted by Crippen LogP contribution is -2.31. The normalized spacial score (nSPS) is 14.8. The van der Waals surface area contributed by atoms with E-state index in [1.54, 1.807) is 18.2 Å². The first-order valence-corrected chi connectivity index (χ1v) is 14.4. The number of nitrogens with one attached hydrogen (secondary N) is 1. The van der Waals surface area contributed by atoms with Crippen LogP contribution >= 0.6 is 39.1 Å². The van der Waals surface area contributed by atoms with Crippen molar-refractivity contribution >= 4 is 61.7 Å². The first kappa shape index (κ1) is 27.3. The molecule has 0 aliphatic carbocycles. The number of carbonyl (C=O) groups excluding carboxylic acids is 1. The average molecular weight is 647 g/mol. The second-order valence-electron chi connectivity index (χ2n) is 9.54. The number of aromatic amines is 1. The molecular weight excluding hydrogens is 625 g/mol. The predicted octanol–water partition coefficient (Wildman–Crippen LogP) is 8.02. The molecule has 0 saturated carbocycles. The lowest BCUT2D eigenvalue weighted by molar-refractivity contribution is -0.135. The molecule has 6 nitrogen and oxygen atoms in total. The molecule has 0 spiro atoms. The Morgan fingerprint density at radius 2 is 1.68 bits per heavy atom. The van der Waals surface area contributed by atoms with E-state index in [1.807, 2.05) is 78.9 Å². The number of amides is 1. The number of hydrazone groups is 1. The van der Waals surface area contributed by atoms with Gasteiger partial charge in [-0.2, -0.15) is 5.10 Å². The molecule has 1 atom stereocenters. The van der Waals surface area contributed by atoms with Crippen molar-refractivity contribution in [2.75, 3.05) is 6.61 Å². The van der Waals surface area contributed by atoms with Gasteiger partial charge in [0.2, 0.25) is 0 Å². The Balaban J connectivity index is 1.45. The van der Waals surface area contributed by atoms with Gasteiger partial charge in [0.25, 0.3) is 11.5 Å². The molecule has 1 aliphatic rings. The molecule has 1 N–H and O–H groups in total. The van der Waals surface area contributed by atoms with E-state index < -0.39 is 6.04 Å². The molecule has 0 fully saturated rings. The predicted molar refractivity (Wildman–Crippen MR) is 167 cm³/mol. The minimum atomic E-state index is -0.427. The minimum Gasteiger partial charge on any atom is -0.482 e. The van der Waals surface area contributed by atoms with Crippen LogP contribution in [0.5, 0.6) is 5.75 Å². The summed E-state index contributed by atoms with van der Waals surface area (Å²) in [6, 6.07) is 29.5. The van der Waals surface area contributed by atoms with Crippen molar-refractivity contribution in [1.82, 2.24) is 9.99 Å². The number of ether oxygens (including phenoxy) is 1. The van der Waals surface area contributed by atoms with Gasteiger partial charge in [-0.3, -0.25) is 9.59 Å². The average Bonchev–Trinajstić information content (AvgIpc) is 3.42. The number of hydrogen-bond acceptors (Lipinski definition) is 4. The summed E-state index contributed by atoms with van der Waals surface area (Å²) in [7, 11) is 0. The van der Waals surface area contributed by atoms with Gasteiger partial charge in [0.1, 0.15) is 5.75 Å². The standard InChI is InChI=1S/C32H22BrCl2N3O3/c33-21-11-13-25-23(15-21)30(20-9-5-2-6-10-20)31(32(40)36-25)26-17-27(19-7-3-1-4-8-19)38(37-26)29(39)18-41-28-14-12-22(34)16-24(28)35/h1-16,27H,17-18H2,(H,36,40)/t27-/m0/s1. The second-order valence-corrected chi connectivity index (χ2v) is 11.3. The van der Waals surface area contributed by atoms with E-state index in [9.17, 15) is 9.59 Å². The number of nitrogens with zero attached hydrogens (tertiary/aromatic N) is 2. The largest absolute Gasteiger partial charge is 0.482 e. The Morgan fingerprint density at radius 3 is 2.41 bits per heavy atom. The zero-order valence-electron chi connectivity index (χ0n) is 21.5. The number of fused-ring (bicyclic) bond motifs is 1. The molecule has 1 amide bonds. The third-order valence-electron chi connectivity index (χ3n) is 6.92. The maximum absolute atomic E-state index is 13.7. The summed E-state index contributed by atoms with van der Waals surface area (Å²) in [5.41, 5.74) is 3.91. The number of aromatic nitrogens is 1. The van der Waals surface area contributed by atoms with Crippen molar-refractivity contribution in [3.05, 3.63) is 133 Å². The summed E-state index contributed by atoms with van der Waals surface area (Å²) in [4.78, 5) is 30.3. The lowest BCUT2D eigenvalue weighted by Gasteiger charge is -2.22. The van der Waals surface area contributed by atoms with E-state index in [0.29, 0.717) is 39.0 Å². The Hall–Kier alpha value is -3.91. The topological polar surface area (TPSA) is 74.8 Å². The van der Waals surface area contributed by atoms with Crippen LogP contribution in [0.4, 0.5) is 0 Å². The quantitative estimate of drug-likeness (QED) is 0.203. The van der Waals surface area contributed by atoms with E-state index in [4.69, 9.17) is 33.0 Å². The van der Waals surface area contributed by atoms with Crippen molar-refractivity contribution in [3.63, 3.8) is 0 Å². The van der Waals surface area contributed by atoms with Gasteiger partial charge in [-0.15, -0.1) is 0 Å². The van der Waals surface area contributed by atoms with Crippen LogP contribution in [0.25, 0.3) is 22.0 Å². The van der Waals surface area contributed by atoms with Gasteiger partial charge in [0, 0.05) is 32.4 Å². The van der Waals surface area contributed by atoms with Gasteiger partial charge < -0.3 is 9.72 Å². The van der Waals surface area contributed by atoms with E-state index in [0.717, 1.165) is 26.5 Å². The smallest absolute Gasteiger partial charge is 0.281 e. The zero-order valence-corrected chi connectivity index (χ0v) is 24.6. The van der Waals surface area contributed by atoms with Crippen molar-refractivity contribution in [3.8, 4) is 16.9 Å². The Morgan fingerprint density at radius 1 is 0.951 bits per heavy atom. The van der Waals surface area contributed by atoms with Crippen LogP contribution in [0.2, 0.25) is 10.0 Å². The van der Waals surface area contributed by atoms with Crippen molar-refractivity contribution in [1.29, 1.82) is 0 Å². The van der Waals surface area contributed by atoms with Crippen LogP contribution in [0, 0.1) is 0 Å². The van der Waals surface area contributed by atoms with Crippen molar-refractivity contribution in [2.24, 2.45) is 5.10 Å². The summed E-state index contributed by atoms with van der Waals surface area (Å²) in [6.07, 6.45) is 0.347. The molecule has 0 bridgehead atoms. The molecule has 5 aromatic rings. The Kier molecular flexibility index (Phi) is 7.67. The second kappa shape index (κ2) is 11.5. The molecule has 9 heteroatoms. The molecule has 41 heavy (non-hydrogen) atoms. The third kappa shape index (κ3) is 5.53. The fourth-order valence-corrected chi connectivity index (χ4v) is 5.89. The molecule has 204 valence electrons. The summed E-state index contributed by atoms with van der Waals surface area (Å²) in [5, 5.41) is 7.82. The number of benzene rings is 4. The van der Waals surface area contributed by atoms with E-state index in [1.165, 1.54) is 5.01 Å². The molecule has 4 aromatic carbocycles. The molecule has 0 saturated heterocycles. The molecule has 0 radical (unpaired) electrons. The summed E-state index contributed by atoms with van der Waals surface area (Å²) < 4.78 is 6.63. The lowest BCUT2D eigenvalue weighted by atomic mass is 9.91. The monoisotopic (exact) mass is 645 g/mol. The maximum Gasteiger partial charge on any atom is 0.281 e. The van der Waals surface area contributed by atoms with Gasteiger partial charge >= 0.3 is 0 Å². The SMILES string of the molecule is O=C(COc1ccc(Cl)cc1Cl)N1N=C(c2c(-c3ccccc3)c3cc(Br)ccc3[nH]c2=O)C[C@H]1c1ccccc1. The molecule has 1 aromatic heterocycles. The van der Waals surface area contributed by atoms with Gasteiger partial charge in [0.15, 0.2) is 6.61 Å². The Bertz CT molecular complexity index is 1860. The maximum atomic E-state index is 13.7. The van der Waals surface area contributed by atoms with Gasteiger partial charge in [0.05, 0.1) is 22.3 Å². The number of halogens is 3. The van der Waals surface area contributed by atoms with Gasteiger partial charge in [-0.25, -0.2) is 5.01 Å². The number of pyridine rings is 1. The molecular formula is C32H22BrCl2N3O3. The molecule has 0 unspecified atom stereocenters. The van der Waals surface area contributed by atoms with Gasteiger partial charge in [-0.05, 0) is 47.5 Å². The first-order valence-electron chi connectivity index (χ1n) is 12.8. The molecule has 2 heterocycles. The fourth-order valence-electron chi connectivity index (χ4n) is 5.07. The molecule has 1 aliphatic heterocycles. The third-order valence-corrected chi connectivity index (χ3v) is 7.95. The van der Waals surface area contributed by atoms with Crippen LogP contribution in [0.15, 0.2) is 111 Å².